The molecule has 1 aliphatic rings. The van der Waals surface area contributed by atoms with Gasteiger partial charge in [-0.2, -0.15) is 0 Å². The van der Waals surface area contributed by atoms with Crippen LogP contribution < -0.4 is 4.74 Å². The van der Waals surface area contributed by atoms with Crippen molar-refractivity contribution >= 4 is 5.97 Å². The SMILES string of the molecule is Cc1cc(OCC2CC2)c(C(=O)O)c(C)n1. The molecule has 16 heavy (non-hydrogen) atoms. The third-order valence-electron chi connectivity index (χ3n) is 2.68. The molecule has 1 aliphatic carbocycles. The zero-order valence-corrected chi connectivity index (χ0v) is 9.49. The first-order valence-corrected chi connectivity index (χ1v) is 5.42. The van der Waals surface area contributed by atoms with E-state index in [0.29, 0.717) is 24.0 Å². The van der Waals surface area contributed by atoms with E-state index in [1.54, 1.807) is 13.0 Å². The molecule has 1 fully saturated rings. The van der Waals surface area contributed by atoms with Gasteiger partial charge in [0.05, 0.1) is 12.3 Å². The van der Waals surface area contributed by atoms with E-state index in [-0.39, 0.29) is 5.56 Å². The lowest BCUT2D eigenvalue weighted by atomic mass is 10.1. The summed E-state index contributed by atoms with van der Waals surface area (Å²) in [6.07, 6.45) is 2.37. The maximum atomic E-state index is 11.1. The summed E-state index contributed by atoms with van der Waals surface area (Å²) in [4.78, 5) is 15.2. The summed E-state index contributed by atoms with van der Waals surface area (Å²) < 4.78 is 5.56. The maximum Gasteiger partial charge on any atom is 0.341 e. The van der Waals surface area contributed by atoms with E-state index in [9.17, 15) is 4.79 Å². The van der Waals surface area contributed by atoms with E-state index in [2.05, 4.69) is 4.98 Å². The fraction of sp³-hybridized carbons (Fsp3) is 0.500. The molecule has 86 valence electrons. The largest absolute Gasteiger partial charge is 0.492 e. The predicted octanol–water partition coefficient (Wildman–Crippen LogP) is 2.19. The smallest absolute Gasteiger partial charge is 0.341 e. The van der Waals surface area contributed by atoms with E-state index < -0.39 is 5.97 Å². The minimum absolute atomic E-state index is 0.186. The molecule has 1 saturated carbocycles. The Morgan fingerprint density at radius 1 is 1.56 bits per heavy atom. The normalized spacial score (nSPS) is 14.9. The third kappa shape index (κ3) is 2.32. The molecule has 4 nitrogen and oxygen atoms in total. The molecule has 0 spiro atoms. The van der Waals surface area contributed by atoms with Crippen LogP contribution >= 0.6 is 0 Å². The van der Waals surface area contributed by atoms with Gasteiger partial charge >= 0.3 is 5.97 Å². The van der Waals surface area contributed by atoms with Crippen molar-refractivity contribution in [2.24, 2.45) is 5.92 Å². The highest BCUT2D eigenvalue weighted by atomic mass is 16.5. The maximum absolute atomic E-state index is 11.1. The van der Waals surface area contributed by atoms with Crippen molar-refractivity contribution < 1.29 is 14.6 Å². The molecule has 0 unspecified atom stereocenters. The summed E-state index contributed by atoms with van der Waals surface area (Å²) in [6.45, 7) is 4.15. The molecule has 0 aliphatic heterocycles. The van der Waals surface area contributed by atoms with E-state index in [1.807, 2.05) is 6.92 Å². The summed E-state index contributed by atoms with van der Waals surface area (Å²) in [5.41, 5.74) is 1.48. The van der Waals surface area contributed by atoms with Gasteiger partial charge in [0.2, 0.25) is 0 Å². The second kappa shape index (κ2) is 4.12. The first kappa shape index (κ1) is 10.9. The average molecular weight is 221 g/mol. The number of rotatable bonds is 4. The molecule has 1 aromatic rings. The first-order valence-electron chi connectivity index (χ1n) is 5.42. The van der Waals surface area contributed by atoms with Crippen molar-refractivity contribution in [3.8, 4) is 5.75 Å². The van der Waals surface area contributed by atoms with Gasteiger partial charge in [-0.15, -0.1) is 0 Å². The zero-order chi connectivity index (χ0) is 11.7. The predicted molar refractivity (Wildman–Crippen MR) is 58.9 cm³/mol. The highest BCUT2D eigenvalue weighted by molar-refractivity contribution is 5.92. The van der Waals surface area contributed by atoms with Gasteiger partial charge in [-0.3, -0.25) is 4.98 Å². The van der Waals surface area contributed by atoms with Crippen LogP contribution in [0.4, 0.5) is 0 Å². The number of pyridine rings is 1. The molecule has 0 bridgehead atoms. The lowest BCUT2D eigenvalue weighted by Gasteiger charge is -2.11. The van der Waals surface area contributed by atoms with Crippen molar-refractivity contribution in [1.29, 1.82) is 0 Å². The Kier molecular flexibility index (Phi) is 2.81. The van der Waals surface area contributed by atoms with Crippen molar-refractivity contribution in [3.05, 3.63) is 23.0 Å². The number of aromatic carboxylic acids is 1. The fourth-order valence-corrected chi connectivity index (χ4v) is 1.66. The lowest BCUT2D eigenvalue weighted by molar-refractivity contribution is 0.0690. The summed E-state index contributed by atoms with van der Waals surface area (Å²) in [6, 6.07) is 1.69. The Bertz CT molecular complexity index is 425. The van der Waals surface area contributed by atoms with Crippen LogP contribution in [0.5, 0.6) is 5.75 Å². The minimum atomic E-state index is -0.976. The monoisotopic (exact) mass is 221 g/mol. The number of carboxylic acid groups (broad SMARTS) is 1. The van der Waals surface area contributed by atoms with Gasteiger partial charge in [0.25, 0.3) is 0 Å². The van der Waals surface area contributed by atoms with E-state index >= 15 is 0 Å². The molecule has 2 rings (SSSR count). The molecule has 1 aromatic heterocycles. The van der Waals surface area contributed by atoms with Crippen molar-refractivity contribution in [3.63, 3.8) is 0 Å². The Labute approximate surface area is 94.3 Å². The fourth-order valence-electron chi connectivity index (χ4n) is 1.66. The highest BCUT2D eigenvalue weighted by Gasteiger charge is 2.24. The standard InChI is InChI=1S/C12H15NO3/c1-7-5-10(16-6-9-3-4-9)11(12(14)15)8(2)13-7/h5,9H,3-4,6H2,1-2H3,(H,14,15). The average Bonchev–Trinajstić information content (AvgIpc) is 2.95. The van der Waals surface area contributed by atoms with E-state index in [4.69, 9.17) is 9.84 Å². The molecule has 0 atom stereocenters. The van der Waals surface area contributed by atoms with Gasteiger partial charge in [-0.25, -0.2) is 4.79 Å². The summed E-state index contributed by atoms with van der Waals surface area (Å²) in [5.74, 6) is 0.0793. The van der Waals surface area contributed by atoms with Crippen LogP contribution in [-0.2, 0) is 0 Å². The van der Waals surface area contributed by atoms with E-state index in [0.717, 1.165) is 5.69 Å². The minimum Gasteiger partial charge on any atom is -0.492 e. The molecule has 1 N–H and O–H groups in total. The molecule has 0 radical (unpaired) electrons. The molecular weight excluding hydrogens is 206 g/mol. The van der Waals surface area contributed by atoms with Crippen LogP contribution in [0.25, 0.3) is 0 Å². The molecule has 0 amide bonds. The topological polar surface area (TPSA) is 59.4 Å². The van der Waals surface area contributed by atoms with Crippen LogP contribution in [0.3, 0.4) is 0 Å². The molecule has 0 aromatic carbocycles. The molecule has 4 heteroatoms. The molecule has 1 heterocycles. The lowest BCUT2D eigenvalue weighted by Crippen LogP contribution is -2.09. The zero-order valence-electron chi connectivity index (χ0n) is 9.49. The number of ether oxygens (including phenoxy) is 1. The molecule has 0 saturated heterocycles. The number of nitrogens with zero attached hydrogens (tertiary/aromatic N) is 1. The van der Waals surface area contributed by atoms with Crippen molar-refractivity contribution in [2.45, 2.75) is 26.7 Å². The van der Waals surface area contributed by atoms with Crippen molar-refractivity contribution in [1.82, 2.24) is 4.98 Å². The number of aromatic nitrogens is 1. The third-order valence-corrected chi connectivity index (χ3v) is 2.68. The Morgan fingerprint density at radius 2 is 2.25 bits per heavy atom. The summed E-state index contributed by atoms with van der Waals surface area (Å²) in [7, 11) is 0. The van der Waals surface area contributed by atoms with E-state index in [1.165, 1.54) is 12.8 Å². The van der Waals surface area contributed by atoms with Crippen LogP contribution in [0.15, 0.2) is 6.07 Å². The van der Waals surface area contributed by atoms with Gasteiger partial charge in [0, 0.05) is 11.8 Å². The molecular formula is C12H15NO3. The second-order valence-corrected chi connectivity index (χ2v) is 4.28. The van der Waals surface area contributed by atoms with Gasteiger partial charge in [-0.05, 0) is 32.6 Å². The van der Waals surface area contributed by atoms with Gasteiger partial charge in [0.1, 0.15) is 11.3 Å². The summed E-state index contributed by atoms with van der Waals surface area (Å²) in [5, 5.41) is 9.10. The van der Waals surface area contributed by atoms with Crippen molar-refractivity contribution in [2.75, 3.05) is 6.61 Å². The quantitative estimate of drug-likeness (QED) is 0.846. The van der Waals surface area contributed by atoms with Gasteiger partial charge < -0.3 is 9.84 Å². The highest BCUT2D eigenvalue weighted by Crippen LogP contribution is 2.31. The number of hydrogen-bond acceptors (Lipinski definition) is 3. The van der Waals surface area contributed by atoms with Gasteiger partial charge in [-0.1, -0.05) is 0 Å². The summed E-state index contributed by atoms with van der Waals surface area (Å²) >= 11 is 0. The Hall–Kier alpha value is -1.58. The number of carbonyl (C=O) groups is 1. The van der Waals surface area contributed by atoms with Crippen LogP contribution in [0.1, 0.15) is 34.6 Å². The van der Waals surface area contributed by atoms with Crippen LogP contribution in [0.2, 0.25) is 0 Å². The van der Waals surface area contributed by atoms with Crippen LogP contribution in [0, 0.1) is 19.8 Å². The van der Waals surface area contributed by atoms with Gasteiger partial charge in [0.15, 0.2) is 0 Å². The number of aryl methyl sites for hydroxylation is 2. The number of carboxylic acids is 1. The Balaban J connectivity index is 2.27. The number of hydrogen-bond donors (Lipinski definition) is 1. The second-order valence-electron chi connectivity index (χ2n) is 4.28. The first-order chi connectivity index (χ1) is 7.58. The van der Waals surface area contributed by atoms with Crippen LogP contribution in [-0.4, -0.2) is 22.7 Å². The Morgan fingerprint density at radius 3 is 2.81 bits per heavy atom.